The second kappa shape index (κ2) is 5.77. The Morgan fingerprint density at radius 2 is 2.00 bits per heavy atom. The number of carbonyl (C=O) groups is 1. The van der Waals surface area contributed by atoms with Gasteiger partial charge < -0.3 is 14.7 Å². The van der Waals surface area contributed by atoms with E-state index in [-0.39, 0.29) is 5.91 Å². The molecule has 2 unspecified atom stereocenters. The van der Waals surface area contributed by atoms with Gasteiger partial charge in [0.05, 0.1) is 5.56 Å². The first-order valence-corrected chi connectivity index (χ1v) is 8.71. The number of rotatable bonds is 2. The van der Waals surface area contributed by atoms with E-state index < -0.39 is 0 Å². The Morgan fingerprint density at radius 1 is 1.21 bits per heavy atom. The van der Waals surface area contributed by atoms with Gasteiger partial charge in [0.15, 0.2) is 5.82 Å². The van der Waals surface area contributed by atoms with Crippen LogP contribution >= 0.6 is 0 Å². The summed E-state index contributed by atoms with van der Waals surface area (Å²) >= 11 is 0. The molecule has 2 aliphatic rings. The molecule has 0 aliphatic carbocycles. The lowest BCUT2D eigenvalue weighted by Gasteiger charge is -2.24. The highest BCUT2D eigenvalue weighted by Crippen LogP contribution is 2.25. The minimum atomic E-state index is 0.129. The molecule has 2 aliphatic heterocycles. The molecule has 6 heteroatoms. The normalized spacial score (nSPS) is 23.5. The number of aromatic nitrogens is 2. The third kappa shape index (κ3) is 2.55. The van der Waals surface area contributed by atoms with Gasteiger partial charge in [-0.3, -0.25) is 9.36 Å². The van der Waals surface area contributed by atoms with Gasteiger partial charge in [0.25, 0.3) is 5.91 Å². The number of carbonyl (C=O) groups excluding carboxylic acids is 1. The molecular formula is C18H24N4O2. The fourth-order valence-electron chi connectivity index (χ4n) is 4.09. The van der Waals surface area contributed by atoms with Gasteiger partial charge in [-0.05, 0) is 46.1 Å². The van der Waals surface area contributed by atoms with Crippen LogP contribution in [0.4, 0.5) is 0 Å². The maximum atomic E-state index is 13.1. The number of aryl methyl sites for hydroxylation is 2. The maximum Gasteiger partial charge on any atom is 0.255 e. The van der Waals surface area contributed by atoms with Crippen molar-refractivity contribution in [2.45, 2.75) is 52.1 Å². The maximum absolute atomic E-state index is 13.1. The number of hydrogen-bond acceptors (Lipinski definition) is 4. The first-order valence-electron chi connectivity index (χ1n) is 8.71. The lowest BCUT2D eigenvalue weighted by Crippen LogP contribution is -2.39. The molecule has 6 nitrogen and oxygen atoms in total. The van der Waals surface area contributed by atoms with Crippen molar-refractivity contribution in [2.75, 3.05) is 13.1 Å². The average molecular weight is 328 g/mol. The molecule has 2 bridgehead atoms. The summed E-state index contributed by atoms with van der Waals surface area (Å²) in [6.07, 6.45) is 3.46. The van der Waals surface area contributed by atoms with Crippen LogP contribution in [0, 0.1) is 20.8 Å². The Morgan fingerprint density at radius 3 is 2.75 bits per heavy atom. The van der Waals surface area contributed by atoms with E-state index in [4.69, 9.17) is 4.52 Å². The zero-order valence-electron chi connectivity index (χ0n) is 14.5. The van der Waals surface area contributed by atoms with Crippen LogP contribution in [-0.2, 0) is 0 Å². The van der Waals surface area contributed by atoms with E-state index >= 15 is 0 Å². The summed E-state index contributed by atoms with van der Waals surface area (Å²) < 4.78 is 7.18. The van der Waals surface area contributed by atoms with Gasteiger partial charge in [0.1, 0.15) is 5.76 Å². The molecule has 2 atom stereocenters. The van der Waals surface area contributed by atoms with E-state index in [0.717, 1.165) is 48.0 Å². The molecule has 1 amide bonds. The van der Waals surface area contributed by atoms with Gasteiger partial charge in [0.2, 0.25) is 0 Å². The Bertz CT molecular complexity index is 776. The SMILES string of the molecule is Cc1cc(-n2c(C)cc(C(=O)N3CCC4CCC(C3)N4)c2C)no1. The molecule has 2 saturated heterocycles. The highest BCUT2D eigenvalue weighted by Gasteiger charge is 2.32. The lowest BCUT2D eigenvalue weighted by molar-refractivity contribution is 0.0747. The van der Waals surface area contributed by atoms with Gasteiger partial charge >= 0.3 is 0 Å². The fourth-order valence-corrected chi connectivity index (χ4v) is 4.09. The van der Waals surface area contributed by atoms with E-state index in [9.17, 15) is 4.79 Å². The van der Waals surface area contributed by atoms with Crippen LogP contribution in [0.2, 0.25) is 0 Å². The number of nitrogens with one attached hydrogen (secondary N) is 1. The average Bonchev–Trinajstić information content (AvgIpc) is 3.17. The van der Waals surface area contributed by atoms with Crippen molar-refractivity contribution in [3.05, 3.63) is 34.8 Å². The summed E-state index contributed by atoms with van der Waals surface area (Å²) in [5.41, 5.74) is 2.69. The monoisotopic (exact) mass is 328 g/mol. The second-order valence-electron chi connectivity index (χ2n) is 7.09. The largest absolute Gasteiger partial charge is 0.360 e. The van der Waals surface area contributed by atoms with Crippen molar-refractivity contribution < 1.29 is 9.32 Å². The molecule has 0 radical (unpaired) electrons. The van der Waals surface area contributed by atoms with Gasteiger partial charge in [-0.15, -0.1) is 0 Å². The van der Waals surface area contributed by atoms with Crippen molar-refractivity contribution in [1.82, 2.24) is 19.9 Å². The van der Waals surface area contributed by atoms with Crippen molar-refractivity contribution in [1.29, 1.82) is 0 Å². The second-order valence-corrected chi connectivity index (χ2v) is 7.09. The predicted octanol–water partition coefficient (Wildman–Crippen LogP) is 2.36. The van der Waals surface area contributed by atoms with Crippen LogP contribution in [-0.4, -0.2) is 45.7 Å². The summed E-state index contributed by atoms with van der Waals surface area (Å²) in [6, 6.07) is 4.89. The smallest absolute Gasteiger partial charge is 0.255 e. The Kier molecular flexibility index (Phi) is 3.72. The van der Waals surface area contributed by atoms with E-state index in [1.807, 2.05) is 42.4 Å². The molecule has 128 valence electrons. The van der Waals surface area contributed by atoms with E-state index in [2.05, 4.69) is 10.5 Å². The van der Waals surface area contributed by atoms with Crippen molar-refractivity contribution >= 4 is 5.91 Å². The molecule has 1 N–H and O–H groups in total. The van der Waals surface area contributed by atoms with Crippen LogP contribution in [0.15, 0.2) is 16.7 Å². The molecule has 2 aromatic rings. The van der Waals surface area contributed by atoms with E-state index in [1.165, 1.54) is 12.8 Å². The minimum absolute atomic E-state index is 0.129. The zero-order chi connectivity index (χ0) is 16.8. The van der Waals surface area contributed by atoms with Crippen molar-refractivity contribution in [3.63, 3.8) is 0 Å². The van der Waals surface area contributed by atoms with Gasteiger partial charge in [-0.1, -0.05) is 5.16 Å². The van der Waals surface area contributed by atoms with Crippen LogP contribution in [0.5, 0.6) is 0 Å². The standard InChI is InChI=1S/C18H24N4O2/c1-11-8-16(13(3)22(11)17-9-12(2)24-20-17)18(23)21-7-6-14-4-5-15(10-21)19-14/h8-9,14-15,19H,4-7,10H2,1-3H3. The molecule has 0 saturated carbocycles. The van der Waals surface area contributed by atoms with E-state index in [1.54, 1.807) is 0 Å². The highest BCUT2D eigenvalue weighted by molar-refractivity contribution is 5.96. The number of hydrogen-bond donors (Lipinski definition) is 1. The molecule has 0 spiro atoms. The Hall–Kier alpha value is -2.08. The third-order valence-electron chi connectivity index (χ3n) is 5.32. The first kappa shape index (κ1) is 15.4. The van der Waals surface area contributed by atoms with Crippen LogP contribution < -0.4 is 5.32 Å². The Labute approximate surface area is 141 Å². The molecule has 4 heterocycles. The number of nitrogens with zero attached hydrogens (tertiary/aromatic N) is 3. The lowest BCUT2D eigenvalue weighted by atomic mass is 10.1. The number of amides is 1. The van der Waals surface area contributed by atoms with Crippen molar-refractivity contribution in [2.24, 2.45) is 0 Å². The summed E-state index contributed by atoms with van der Waals surface area (Å²) in [6.45, 7) is 7.49. The predicted molar refractivity (Wildman–Crippen MR) is 90.5 cm³/mol. The van der Waals surface area contributed by atoms with Crippen LogP contribution in [0.1, 0.15) is 46.8 Å². The fraction of sp³-hybridized carbons (Fsp3) is 0.556. The quantitative estimate of drug-likeness (QED) is 0.919. The highest BCUT2D eigenvalue weighted by atomic mass is 16.5. The summed E-state index contributed by atoms with van der Waals surface area (Å²) in [5, 5.41) is 7.72. The summed E-state index contributed by atoms with van der Waals surface area (Å²) in [4.78, 5) is 15.1. The first-order chi connectivity index (χ1) is 11.5. The molecule has 24 heavy (non-hydrogen) atoms. The number of fused-ring (bicyclic) bond motifs is 2. The molecular weight excluding hydrogens is 304 g/mol. The van der Waals surface area contributed by atoms with Crippen LogP contribution in [0.25, 0.3) is 5.82 Å². The number of likely N-dealkylation sites (tertiary alicyclic amines) is 1. The zero-order valence-corrected chi connectivity index (χ0v) is 14.5. The van der Waals surface area contributed by atoms with Gasteiger partial charge in [-0.2, -0.15) is 0 Å². The van der Waals surface area contributed by atoms with Gasteiger partial charge in [0, 0.05) is 42.6 Å². The molecule has 2 aromatic heterocycles. The third-order valence-corrected chi connectivity index (χ3v) is 5.32. The Balaban J connectivity index is 1.63. The van der Waals surface area contributed by atoms with Crippen LogP contribution in [0.3, 0.4) is 0 Å². The van der Waals surface area contributed by atoms with Crippen molar-refractivity contribution in [3.8, 4) is 5.82 Å². The summed E-state index contributed by atoms with van der Waals surface area (Å²) in [7, 11) is 0. The topological polar surface area (TPSA) is 63.3 Å². The minimum Gasteiger partial charge on any atom is -0.360 e. The van der Waals surface area contributed by atoms with E-state index in [0.29, 0.717) is 12.1 Å². The molecule has 2 fully saturated rings. The molecule has 0 aromatic carbocycles. The summed E-state index contributed by atoms with van der Waals surface area (Å²) in [5.74, 6) is 1.63. The molecule has 4 rings (SSSR count). The van der Waals surface area contributed by atoms with Gasteiger partial charge in [-0.25, -0.2) is 0 Å².